The van der Waals surface area contributed by atoms with E-state index in [0.29, 0.717) is 23.2 Å². The molecule has 2 amide bonds. The molecule has 0 saturated heterocycles. The average Bonchev–Trinajstić information content (AvgIpc) is 2.70. The second kappa shape index (κ2) is 8.81. The number of para-hydroxylation sites is 1. The normalized spacial score (nSPS) is 10.5. The van der Waals surface area contributed by atoms with Gasteiger partial charge >= 0.3 is 0 Å². The van der Waals surface area contributed by atoms with Gasteiger partial charge in [-0.1, -0.05) is 12.1 Å². The molecule has 0 saturated carbocycles. The number of nitrogens with one attached hydrogen (secondary N) is 2. The highest BCUT2D eigenvalue weighted by atomic mass is 16.5. The number of ether oxygens (including phenoxy) is 1. The van der Waals surface area contributed by atoms with E-state index in [1.54, 1.807) is 48.5 Å². The molecule has 0 aliphatic carbocycles. The van der Waals surface area contributed by atoms with E-state index in [-0.39, 0.29) is 30.3 Å². The van der Waals surface area contributed by atoms with Crippen LogP contribution < -0.4 is 20.8 Å². The Bertz CT molecular complexity index is 1040. The molecule has 0 bridgehead atoms. The van der Waals surface area contributed by atoms with Crippen LogP contribution in [0, 0.1) is 0 Å². The third-order valence-electron chi connectivity index (χ3n) is 3.95. The fourth-order valence-corrected chi connectivity index (χ4v) is 2.66. The maximum Gasteiger partial charge on any atom is 0.243 e. The first-order chi connectivity index (χ1) is 13.6. The van der Waals surface area contributed by atoms with E-state index >= 15 is 0 Å². The number of carbonyl (C=O) groups excluding carboxylic acids is 2. The summed E-state index contributed by atoms with van der Waals surface area (Å²) in [6, 6.07) is 13.9. The fraction of sp³-hybridized carbons (Fsp3) is 0.200. The van der Waals surface area contributed by atoms with Crippen molar-refractivity contribution in [1.29, 1.82) is 0 Å². The van der Waals surface area contributed by atoms with Crippen LogP contribution in [0.4, 0.5) is 5.69 Å². The standard InChI is InChI=1S/C20H20N4O4/c1-2-28-15-9-7-14(8-10-15)23-19(26)12-21-20(27)13-24-17-6-4-3-5-16(17)18(25)11-22-24/h3-11H,2,12-13H2,1H3,(H,21,27)(H,23,26). The summed E-state index contributed by atoms with van der Waals surface area (Å²) in [5.74, 6) is -0.0203. The Kier molecular flexibility index (Phi) is 6.01. The predicted molar refractivity (Wildman–Crippen MR) is 105 cm³/mol. The summed E-state index contributed by atoms with van der Waals surface area (Å²) in [6.07, 6.45) is 1.17. The maximum atomic E-state index is 12.2. The number of carbonyl (C=O) groups is 2. The highest BCUT2D eigenvalue weighted by Gasteiger charge is 2.10. The second-order valence-corrected chi connectivity index (χ2v) is 5.97. The van der Waals surface area contributed by atoms with Crippen molar-refractivity contribution in [2.24, 2.45) is 0 Å². The molecule has 3 aromatic rings. The van der Waals surface area contributed by atoms with Crippen LogP contribution >= 0.6 is 0 Å². The lowest BCUT2D eigenvalue weighted by Crippen LogP contribution is -2.35. The van der Waals surface area contributed by atoms with E-state index in [2.05, 4.69) is 15.7 Å². The van der Waals surface area contributed by atoms with Crippen molar-refractivity contribution >= 4 is 28.4 Å². The SMILES string of the molecule is CCOc1ccc(NC(=O)CNC(=O)Cn2ncc(=O)c3ccccc32)cc1. The molecule has 0 atom stereocenters. The molecule has 0 aliphatic rings. The quantitative estimate of drug-likeness (QED) is 0.647. The van der Waals surface area contributed by atoms with Crippen molar-refractivity contribution < 1.29 is 14.3 Å². The lowest BCUT2D eigenvalue weighted by atomic mass is 10.2. The van der Waals surface area contributed by atoms with E-state index in [4.69, 9.17) is 4.74 Å². The first-order valence-corrected chi connectivity index (χ1v) is 8.81. The molecule has 2 aromatic carbocycles. The number of amides is 2. The Morgan fingerprint density at radius 2 is 1.82 bits per heavy atom. The summed E-state index contributed by atoms with van der Waals surface area (Å²) >= 11 is 0. The van der Waals surface area contributed by atoms with Gasteiger partial charge in [-0.25, -0.2) is 0 Å². The third-order valence-corrected chi connectivity index (χ3v) is 3.95. The topological polar surface area (TPSA) is 102 Å². The Labute approximate surface area is 161 Å². The lowest BCUT2D eigenvalue weighted by molar-refractivity contribution is -0.124. The monoisotopic (exact) mass is 380 g/mol. The molecule has 0 fully saturated rings. The molecule has 3 rings (SSSR count). The minimum Gasteiger partial charge on any atom is -0.494 e. The van der Waals surface area contributed by atoms with Crippen LogP contribution in [-0.2, 0) is 16.1 Å². The van der Waals surface area contributed by atoms with Crippen molar-refractivity contribution in [2.75, 3.05) is 18.5 Å². The molecule has 0 spiro atoms. The molecule has 0 unspecified atom stereocenters. The van der Waals surface area contributed by atoms with Crippen molar-refractivity contribution in [3.8, 4) is 5.75 Å². The smallest absolute Gasteiger partial charge is 0.243 e. The van der Waals surface area contributed by atoms with Gasteiger partial charge < -0.3 is 15.4 Å². The zero-order valence-corrected chi connectivity index (χ0v) is 15.3. The van der Waals surface area contributed by atoms with Gasteiger partial charge in [0, 0.05) is 11.1 Å². The fourth-order valence-electron chi connectivity index (χ4n) is 2.66. The minimum absolute atomic E-state index is 0.100. The Hall–Kier alpha value is -3.68. The molecule has 8 nitrogen and oxygen atoms in total. The Balaban J connectivity index is 1.55. The molecule has 1 heterocycles. The largest absolute Gasteiger partial charge is 0.494 e. The van der Waals surface area contributed by atoms with E-state index in [1.165, 1.54) is 10.9 Å². The molecule has 0 aliphatic heterocycles. The van der Waals surface area contributed by atoms with E-state index in [0.717, 1.165) is 5.75 Å². The average molecular weight is 380 g/mol. The van der Waals surface area contributed by atoms with Gasteiger partial charge in [0.25, 0.3) is 0 Å². The number of aromatic nitrogens is 2. The summed E-state index contributed by atoms with van der Waals surface area (Å²) in [4.78, 5) is 36.0. The van der Waals surface area contributed by atoms with Gasteiger partial charge in [0.05, 0.1) is 24.9 Å². The Morgan fingerprint density at radius 3 is 2.57 bits per heavy atom. The van der Waals surface area contributed by atoms with Crippen LogP contribution in [0.15, 0.2) is 59.5 Å². The molecule has 1 aromatic heterocycles. The first-order valence-electron chi connectivity index (χ1n) is 8.81. The van der Waals surface area contributed by atoms with Crippen LogP contribution in [0.3, 0.4) is 0 Å². The van der Waals surface area contributed by atoms with Crippen molar-refractivity contribution in [3.63, 3.8) is 0 Å². The number of benzene rings is 2. The molecule has 8 heteroatoms. The summed E-state index contributed by atoms with van der Waals surface area (Å²) in [5.41, 5.74) is 0.960. The van der Waals surface area contributed by atoms with Gasteiger partial charge in [-0.05, 0) is 43.3 Å². The third kappa shape index (κ3) is 4.73. The second-order valence-electron chi connectivity index (χ2n) is 5.97. The van der Waals surface area contributed by atoms with Crippen molar-refractivity contribution in [2.45, 2.75) is 13.5 Å². The zero-order valence-electron chi connectivity index (χ0n) is 15.3. The summed E-state index contributed by atoms with van der Waals surface area (Å²) < 4.78 is 6.77. The van der Waals surface area contributed by atoms with Gasteiger partial charge in [0.2, 0.25) is 17.2 Å². The van der Waals surface area contributed by atoms with Crippen LogP contribution in [-0.4, -0.2) is 34.7 Å². The minimum atomic E-state index is -0.386. The van der Waals surface area contributed by atoms with Crippen LogP contribution in [0.2, 0.25) is 0 Å². The maximum absolute atomic E-state index is 12.2. The van der Waals surface area contributed by atoms with Gasteiger partial charge in [-0.3, -0.25) is 19.1 Å². The van der Waals surface area contributed by atoms with Gasteiger partial charge in [0.1, 0.15) is 12.3 Å². The van der Waals surface area contributed by atoms with E-state index in [1.807, 2.05) is 6.92 Å². The van der Waals surface area contributed by atoms with E-state index in [9.17, 15) is 14.4 Å². The summed E-state index contributed by atoms with van der Waals surface area (Å²) in [6.45, 7) is 2.18. The Morgan fingerprint density at radius 1 is 1.07 bits per heavy atom. The number of hydrogen-bond donors (Lipinski definition) is 2. The summed E-state index contributed by atoms with van der Waals surface area (Å²) in [5, 5.41) is 9.72. The van der Waals surface area contributed by atoms with Crippen LogP contribution in [0.1, 0.15) is 6.92 Å². The first kappa shape index (κ1) is 19.1. The van der Waals surface area contributed by atoms with Gasteiger partial charge in [-0.2, -0.15) is 5.10 Å². The number of hydrogen-bond acceptors (Lipinski definition) is 5. The molecule has 2 N–H and O–H groups in total. The molecule has 0 radical (unpaired) electrons. The highest BCUT2D eigenvalue weighted by molar-refractivity contribution is 5.94. The summed E-state index contributed by atoms with van der Waals surface area (Å²) in [7, 11) is 0. The molecular weight excluding hydrogens is 360 g/mol. The van der Waals surface area contributed by atoms with Crippen LogP contribution in [0.5, 0.6) is 5.75 Å². The molecule has 28 heavy (non-hydrogen) atoms. The number of fused-ring (bicyclic) bond motifs is 1. The lowest BCUT2D eigenvalue weighted by Gasteiger charge is -2.10. The molecular formula is C20H20N4O4. The zero-order chi connectivity index (χ0) is 19.9. The van der Waals surface area contributed by atoms with E-state index < -0.39 is 0 Å². The number of nitrogens with zero attached hydrogens (tertiary/aromatic N) is 2. The number of rotatable bonds is 7. The van der Waals surface area contributed by atoms with Crippen molar-refractivity contribution in [3.05, 3.63) is 65.0 Å². The number of anilines is 1. The molecule has 144 valence electrons. The van der Waals surface area contributed by atoms with Crippen molar-refractivity contribution in [1.82, 2.24) is 15.1 Å². The van der Waals surface area contributed by atoms with Crippen LogP contribution in [0.25, 0.3) is 10.9 Å². The highest BCUT2D eigenvalue weighted by Crippen LogP contribution is 2.15. The predicted octanol–water partition coefficient (Wildman–Crippen LogP) is 1.55. The van der Waals surface area contributed by atoms with Gasteiger partial charge in [0.15, 0.2) is 0 Å². The van der Waals surface area contributed by atoms with Gasteiger partial charge in [-0.15, -0.1) is 0 Å².